The molecule has 39 heavy (non-hydrogen) atoms. The fraction of sp³-hybridized carbons (Fsp3) is 0.452. The lowest BCUT2D eigenvalue weighted by atomic mass is 10.0. The van der Waals surface area contributed by atoms with E-state index in [9.17, 15) is 9.59 Å². The van der Waals surface area contributed by atoms with Gasteiger partial charge >= 0.3 is 0 Å². The molecule has 0 saturated carbocycles. The van der Waals surface area contributed by atoms with Crippen LogP contribution in [0.3, 0.4) is 0 Å². The van der Waals surface area contributed by atoms with Crippen LogP contribution in [0.1, 0.15) is 24.0 Å². The van der Waals surface area contributed by atoms with Gasteiger partial charge in [-0.25, -0.2) is 4.98 Å². The lowest BCUT2D eigenvalue weighted by molar-refractivity contribution is -0.133. The first-order valence-corrected chi connectivity index (χ1v) is 14.2. The molecular formula is C31H38N6O2. The maximum Gasteiger partial charge on any atom is 0.222 e. The zero-order chi connectivity index (χ0) is 26.9. The monoisotopic (exact) mass is 526 g/mol. The largest absolute Gasteiger partial charge is 0.353 e. The fourth-order valence-electron chi connectivity index (χ4n) is 5.81. The van der Waals surface area contributed by atoms with Crippen molar-refractivity contribution >= 4 is 44.7 Å². The van der Waals surface area contributed by atoms with Crippen molar-refractivity contribution in [2.24, 2.45) is 0 Å². The Balaban J connectivity index is 1.15. The molecule has 2 aliphatic rings. The van der Waals surface area contributed by atoms with Gasteiger partial charge < -0.3 is 24.6 Å². The minimum atomic E-state index is 0.243. The second-order valence-corrected chi connectivity index (χ2v) is 11.3. The number of aromatic nitrogens is 2. The van der Waals surface area contributed by atoms with Crippen molar-refractivity contribution in [3.8, 4) is 0 Å². The summed E-state index contributed by atoms with van der Waals surface area (Å²) in [5, 5.41) is 2.18. The van der Waals surface area contributed by atoms with Gasteiger partial charge in [-0.3, -0.25) is 9.59 Å². The van der Waals surface area contributed by atoms with Crippen LogP contribution in [0.4, 0.5) is 0 Å². The van der Waals surface area contributed by atoms with Crippen LogP contribution in [-0.4, -0.2) is 108 Å². The van der Waals surface area contributed by atoms with Crippen LogP contribution in [0.25, 0.3) is 32.8 Å². The van der Waals surface area contributed by atoms with Crippen LogP contribution in [0.2, 0.25) is 0 Å². The van der Waals surface area contributed by atoms with E-state index in [0.717, 1.165) is 109 Å². The second-order valence-electron chi connectivity index (χ2n) is 11.3. The molecule has 2 saturated heterocycles. The number of piperazine rings is 2. The van der Waals surface area contributed by atoms with E-state index in [1.165, 1.54) is 0 Å². The van der Waals surface area contributed by atoms with Crippen LogP contribution < -0.4 is 0 Å². The van der Waals surface area contributed by atoms with Gasteiger partial charge in [-0.1, -0.05) is 12.1 Å². The molecule has 2 amide bonds. The summed E-state index contributed by atoms with van der Waals surface area (Å²) in [4.78, 5) is 42.5. The molecule has 0 aliphatic carbocycles. The van der Waals surface area contributed by atoms with Gasteiger partial charge in [0.15, 0.2) is 0 Å². The van der Waals surface area contributed by atoms with E-state index in [-0.39, 0.29) is 11.8 Å². The summed E-state index contributed by atoms with van der Waals surface area (Å²) < 4.78 is 0. The number of nitrogens with one attached hydrogen (secondary N) is 1. The number of carbonyl (C=O) groups is 2. The molecule has 1 N–H and O–H groups in total. The fourth-order valence-corrected chi connectivity index (χ4v) is 5.81. The first-order chi connectivity index (χ1) is 18.9. The summed E-state index contributed by atoms with van der Waals surface area (Å²) in [5.74, 6) is 0.487. The van der Waals surface area contributed by atoms with E-state index in [1.807, 2.05) is 9.80 Å². The third-order valence-corrected chi connectivity index (χ3v) is 8.45. The third kappa shape index (κ3) is 5.63. The van der Waals surface area contributed by atoms with E-state index in [2.05, 4.69) is 71.3 Å². The average molecular weight is 527 g/mol. The van der Waals surface area contributed by atoms with Gasteiger partial charge in [0.05, 0.1) is 16.6 Å². The molecule has 0 radical (unpaired) electrons. The van der Waals surface area contributed by atoms with Crippen molar-refractivity contribution in [1.29, 1.82) is 0 Å². The minimum absolute atomic E-state index is 0.243. The Morgan fingerprint density at radius 1 is 0.718 bits per heavy atom. The molecule has 8 nitrogen and oxygen atoms in total. The predicted octanol–water partition coefficient (Wildman–Crippen LogP) is 3.28. The predicted molar refractivity (Wildman–Crippen MR) is 156 cm³/mol. The van der Waals surface area contributed by atoms with Crippen molar-refractivity contribution in [3.05, 3.63) is 53.6 Å². The van der Waals surface area contributed by atoms with Crippen LogP contribution in [0.5, 0.6) is 0 Å². The summed E-state index contributed by atoms with van der Waals surface area (Å²) in [7, 11) is 4.21. The normalized spacial score (nSPS) is 17.5. The van der Waals surface area contributed by atoms with Crippen molar-refractivity contribution in [2.45, 2.75) is 25.7 Å². The molecule has 4 aromatic rings. The molecule has 2 fully saturated rings. The number of nitrogens with zero attached hydrogens (tertiary/aromatic N) is 5. The van der Waals surface area contributed by atoms with Gasteiger partial charge in [-0.05, 0) is 68.4 Å². The zero-order valence-corrected chi connectivity index (χ0v) is 23.1. The van der Waals surface area contributed by atoms with E-state index in [0.29, 0.717) is 12.8 Å². The Kier molecular flexibility index (Phi) is 7.23. The number of pyridine rings is 1. The molecule has 204 valence electrons. The van der Waals surface area contributed by atoms with Gasteiger partial charge in [0.25, 0.3) is 0 Å². The molecule has 0 bridgehead atoms. The Morgan fingerprint density at radius 2 is 1.28 bits per heavy atom. The van der Waals surface area contributed by atoms with Gasteiger partial charge in [0, 0.05) is 81.5 Å². The van der Waals surface area contributed by atoms with Crippen molar-refractivity contribution in [1.82, 2.24) is 29.6 Å². The minimum Gasteiger partial charge on any atom is -0.353 e. The number of likely N-dealkylation sites (N-methyl/N-ethyl adjacent to an activating group) is 2. The Bertz CT molecular complexity index is 1510. The molecule has 8 heteroatoms. The van der Waals surface area contributed by atoms with Crippen LogP contribution in [0, 0.1) is 0 Å². The number of aryl methyl sites for hydroxylation is 2. The third-order valence-electron chi connectivity index (χ3n) is 8.45. The molecule has 2 aromatic carbocycles. The molecule has 0 spiro atoms. The van der Waals surface area contributed by atoms with Crippen LogP contribution in [0.15, 0.2) is 42.5 Å². The van der Waals surface area contributed by atoms with Gasteiger partial charge in [0.2, 0.25) is 11.8 Å². The number of aromatic amines is 1. The van der Waals surface area contributed by atoms with Crippen molar-refractivity contribution in [3.63, 3.8) is 0 Å². The second kappa shape index (κ2) is 10.9. The summed E-state index contributed by atoms with van der Waals surface area (Å²) >= 11 is 0. The number of hydrogen-bond acceptors (Lipinski definition) is 5. The van der Waals surface area contributed by atoms with Gasteiger partial charge in [-0.2, -0.15) is 0 Å². The highest BCUT2D eigenvalue weighted by Gasteiger charge is 2.20. The summed E-state index contributed by atoms with van der Waals surface area (Å²) in [6.45, 7) is 7.08. The van der Waals surface area contributed by atoms with Crippen molar-refractivity contribution in [2.75, 3.05) is 66.5 Å². The molecule has 2 aromatic heterocycles. The summed E-state index contributed by atoms with van der Waals surface area (Å²) in [6, 6.07) is 14.9. The lowest BCUT2D eigenvalue weighted by Crippen LogP contribution is -2.47. The number of fused-ring (bicyclic) bond motifs is 4. The highest BCUT2D eigenvalue weighted by molar-refractivity contribution is 6.08. The molecule has 0 atom stereocenters. The number of H-pyrrole nitrogens is 1. The average Bonchev–Trinajstić information content (AvgIpc) is 3.30. The number of benzene rings is 2. The highest BCUT2D eigenvalue weighted by atomic mass is 16.2. The smallest absolute Gasteiger partial charge is 0.222 e. The van der Waals surface area contributed by atoms with Crippen molar-refractivity contribution < 1.29 is 9.59 Å². The molecular weight excluding hydrogens is 488 g/mol. The number of hydrogen-bond donors (Lipinski definition) is 1. The number of amides is 2. The first kappa shape index (κ1) is 25.8. The molecule has 6 rings (SSSR count). The number of rotatable bonds is 6. The summed E-state index contributed by atoms with van der Waals surface area (Å²) in [5.41, 5.74) is 6.30. The molecule has 2 aliphatic heterocycles. The maximum atomic E-state index is 12.7. The molecule has 4 heterocycles. The Hall–Kier alpha value is -3.49. The van der Waals surface area contributed by atoms with Gasteiger partial charge in [0.1, 0.15) is 0 Å². The van der Waals surface area contributed by atoms with E-state index >= 15 is 0 Å². The zero-order valence-electron chi connectivity index (χ0n) is 23.1. The Labute approximate surface area is 229 Å². The highest BCUT2D eigenvalue weighted by Crippen LogP contribution is 2.29. The maximum absolute atomic E-state index is 12.7. The quantitative estimate of drug-likeness (QED) is 0.417. The standard InChI is InChI=1S/C31H38N6O2/c1-34-11-15-36(16-12-34)29(38)9-5-22-3-7-26-24(19-22)21-28-31(33-26)25-20-23(4-8-27(25)32-28)6-10-30(39)37-17-13-35(2)14-18-37/h3-4,7-8,19-21,32H,5-6,9-18H2,1-2H3. The molecule has 0 unspecified atom stereocenters. The SMILES string of the molecule is CN1CCN(C(=O)CCc2ccc3nc4c(cc3c2)[nH]c2ccc(CCC(=O)N3CCN(C)CC3)cc24)CC1. The Morgan fingerprint density at radius 3 is 1.90 bits per heavy atom. The topological polar surface area (TPSA) is 75.8 Å². The van der Waals surface area contributed by atoms with Crippen LogP contribution in [-0.2, 0) is 22.4 Å². The first-order valence-electron chi connectivity index (χ1n) is 14.2. The van der Waals surface area contributed by atoms with Gasteiger partial charge in [-0.15, -0.1) is 0 Å². The van der Waals surface area contributed by atoms with E-state index < -0.39 is 0 Å². The lowest BCUT2D eigenvalue weighted by Gasteiger charge is -2.32. The number of carbonyl (C=O) groups excluding carboxylic acids is 2. The summed E-state index contributed by atoms with van der Waals surface area (Å²) in [6.07, 6.45) is 2.55. The van der Waals surface area contributed by atoms with E-state index in [1.54, 1.807) is 0 Å². The van der Waals surface area contributed by atoms with Crippen LogP contribution >= 0.6 is 0 Å². The van der Waals surface area contributed by atoms with E-state index in [4.69, 9.17) is 4.98 Å².